The van der Waals surface area contributed by atoms with Crippen LogP contribution in [-0.2, 0) is 15.8 Å². The zero-order chi connectivity index (χ0) is 20.6. The zero-order valence-corrected chi connectivity index (χ0v) is 15.0. The van der Waals surface area contributed by atoms with Gasteiger partial charge in [-0.25, -0.2) is 0 Å². The molecule has 1 amide bonds. The summed E-state index contributed by atoms with van der Waals surface area (Å²) in [5.74, 6) is -3.60. The van der Waals surface area contributed by atoms with Gasteiger partial charge in [0.05, 0.1) is 17.0 Å². The van der Waals surface area contributed by atoms with E-state index in [0.29, 0.717) is 5.56 Å². The largest absolute Gasteiger partial charge is 0.416 e. The SMILES string of the molecule is O=C(Nc1c(Cl)c(F)nc(F)c1Cl)C1CC(c2ccc(C(F)(F)F)cc2)=NO1. The van der Waals surface area contributed by atoms with Crippen molar-refractivity contribution < 1.29 is 31.6 Å². The number of amides is 1. The molecule has 0 radical (unpaired) electrons. The van der Waals surface area contributed by atoms with Crippen LogP contribution in [0.5, 0.6) is 0 Å². The number of nitrogens with one attached hydrogen (secondary N) is 1. The maximum absolute atomic E-state index is 13.4. The van der Waals surface area contributed by atoms with E-state index in [1.54, 1.807) is 0 Å². The Bertz CT molecular complexity index is 938. The number of rotatable bonds is 3. The Balaban J connectivity index is 1.71. The van der Waals surface area contributed by atoms with Gasteiger partial charge in [0.2, 0.25) is 18.0 Å². The van der Waals surface area contributed by atoms with Crippen molar-refractivity contribution in [3.63, 3.8) is 0 Å². The third kappa shape index (κ3) is 4.02. The summed E-state index contributed by atoms with van der Waals surface area (Å²) in [4.78, 5) is 20.1. The molecule has 0 aliphatic carbocycles. The molecule has 148 valence electrons. The van der Waals surface area contributed by atoms with Crippen LogP contribution in [0.4, 0.5) is 27.6 Å². The first-order valence-corrected chi connectivity index (χ1v) is 8.24. The van der Waals surface area contributed by atoms with Crippen molar-refractivity contribution in [2.24, 2.45) is 5.16 Å². The number of anilines is 1. The molecule has 0 bridgehead atoms. The number of pyridine rings is 1. The Morgan fingerprint density at radius 1 is 1.11 bits per heavy atom. The van der Waals surface area contributed by atoms with Gasteiger partial charge in [-0.15, -0.1) is 0 Å². The molecule has 1 atom stereocenters. The number of alkyl halides is 3. The van der Waals surface area contributed by atoms with Gasteiger partial charge in [0.15, 0.2) is 0 Å². The molecule has 28 heavy (non-hydrogen) atoms. The van der Waals surface area contributed by atoms with Crippen LogP contribution in [0.1, 0.15) is 17.5 Å². The number of carbonyl (C=O) groups is 1. The van der Waals surface area contributed by atoms with Gasteiger partial charge in [-0.2, -0.15) is 26.9 Å². The number of oxime groups is 1. The number of nitrogens with zero attached hydrogens (tertiary/aromatic N) is 2. The molecule has 1 aromatic heterocycles. The van der Waals surface area contributed by atoms with Gasteiger partial charge in [0, 0.05) is 6.42 Å². The number of hydrogen-bond donors (Lipinski definition) is 1. The molecule has 1 aromatic carbocycles. The summed E-state index contributed by atoms with van der Waals surface area (Å²) in [5.41, 5.74) is -0.820. The first kappa shape index (κ1) is 20.3. The van der Waals surface area contributed by atoms with Crippen LogP contribution >= 0.6 is 23.2 Å². The minimum atomic E-state index is -4.48. The van der Waals surface area contributed by atoms with Crippen molar-refractivity contribution in [2.45, 2.75) is 18.7 Å². The third-order valence-corrected chi connectivity index (χ3v) is 4.44. The highest BCUT2D eigenvalue weighted by atomic mass is 35.5. The highest BCUT2D eigenvalue weighted by Gasteiger charge is 2.33. The van der Waals surface area contributed by atoms with Gasteiger partial charge in [0.25, 0.3) is 5.91 Å². The molecule has 3 rings (SSSR count). The quantitative estimate of drug-likeness (QED) is 0.550. The highest BCUT2D eigenvalue weighted by Crippen LogP contribution is 2.34. The smallest absolute Gasteiger partial charge is 0.382 e. The molecule has 0 fully saturated rings. The average molecular weight is 440 g/mol. The summed E-state index contributed by atoms with van der Waals surface area (Å²) in [5, 5.41) is 4.42. The van der Waals surface area contributed by atoms with Crippen LogP contribution in [0.3, 0.4) is 0 Å². The van der Waals surface area contributed by atoms with E-state index in [0.717, 1.165) is 12.1 Å². The van der Waals surface area contributed by atoms with E-state index < -0.39 is 51.4 Å². The molecule has 0 spiro atoms. The average Bonchev–Trinajstić information content (AvgIpc) is 3.13. The number of benzene rings is 1. The second-order valence-corrected chi connectivity index (χ2v) is 6.35. The van der Waals surface area contributed by atoms with E-state index in [1.165, 1.54) is 12.1 Å². The highest BCUT2D eigenvalue weighted by molar-refractivity contribution is 6.39. The van der Waals surface area contributed by atoms with Crippen LogP contribution in [0.25, 0.3) is 0 Å². The molecule has 1 N–H and O–H groups in total. The van der Waals surface area contributed by atoms with E-state index >= 15 is 0 Å². The number of aromatic nitrogens is 1. The Labute approximate surface area is 164 Å². The monoisotopic (exact) mass is 439 g/mol. The second kappa shape index (κ2) is 7.51. The number of carbonyl (C=O) groups excluding carboxylic acids is 1. The van der Waals surface area contributed by atoms with Gasteiger partial charge >= 0.3 is 6.18 Å². The van der Waals surface area contributed by atoms with Crippen LogP contribution in [0.2, 0.25) is 10.0 Å². The molecular weight excluding hydrogens is 432 g/mol. The molecule has 1 unspecified atom stereocenters. The lowest BCUT2D eigenvalue weighted by Crippen LogP contribution is -2.28. The topological polar surface area (TPSA) is 63.6 Å². The fourth-order valence-electron chi connectivity index (χ4n) is 2.34. The van der Waals surface area contributed by atoms with E-state index in [2.05, 4.69) is 15.5 Å². The number of hydrogen-bond acceptors (Lipinski definition) is 4. The van der Waals surface area contributed by atoms with Crippen LogP contribution < -0.4 is 5.32 Å². The fourth-order valence-corrected chi connectivity index (χ4v) is 2.76. The summed E-state index contributed by atoms with van der Waals surface area (Å²) in [6.45, 7) is 0. The summed E-state index contributed by atoms with van der Waals surface area (Å²) >= 11 is 11.3. The van der Waals surface area contributed by atoms with Crippen molar-refractivity contribution in [2.75, 3.05) is 5.32 Å². The van der Waals surface area contributed by atoms with E-state index in [4.69, 9.17) is 28.0 Å². The molecule has 5 nitrogen and oxygen atoms in total. The van der Waals surface area contributed by atoms with Crippen molar-refractivity contribution in [1.82, 2.24) is 4.98 Å². The first-order chi connectivity index (χ1) is 13.1. The molecule has 0 saturated carbocycles. The predicted molar refractivity (Wildman–Crippen MR) is 90.3 cm³/mol. The van der Waals surface area contributed by atoms with Crippen LogP contribution in [0, 0.1) is 11.9 Å². The minimum absolute atomic E-state index is 0.0948. The lowest BCUT2D eigenvalue weighted by molar-refractivity contribution is -0.137. The first-order valence-electron chi connectivity index (χ1n) is 7.49. The summed E-state index contributed by atoms with van der Waals surface area (Å²) < 4.78 is 64.7. The maximum atomic E-state index is 13.4. The van der Waals surface area contributed by atoms with Crippen molar-refractivity contribution in [3.8, 4) is 0 Å². The van der Waals surface area contributed by atoms with E-state index in [-0.39, 0.29) is 12.1 Å². The summed E-state index contributed by atoms with van der Waals surface area (Å²) in [6, 6.07) is 4.11. The van der Waals surface area contributed by atoms with E-state index in [1.807, 2.05) is 0 Å². The maximum Gasteiger partial charge on any atom is 0.416 e. The van der Waals surface area contributed by atoms with Gasteiger partial charge in [-0.1, -0.05) is 40.5 Å². The van der Waals surface area contributed by atoms with Gasteiger partial charge in [-0.3, -0.25) is 4.79 Å². The molecule has 1 aliphatic rings. The van der Waals surface area contributed by atoms with Gasteiger partial charge < -0.3 is 10.2 Å². The normalized spacial score (nSPS) is 16.5. The van der Waals surface area contributed by atoms with Crippen molar-refractivity contribution in [1.29, 1.82) is 0 Å². The molecule has 12 heteroatoms. The lowest BCUT2D eigenvalue weighted by atomic mass is 10.0. The molecule has 1 aliphatic heterocycles. The lowest BCUT2D eigenvalue weighted by Gasteiger charge is -2.12. The number of halogens is 7. The van der Waals surface area contributed by atoms with E-state index in [9.17, 15) is 26.7 Å². The van der Waals surface area contributed by atoms with Crippen LogP contribution in [-0.4, -0.2) is 22.7 Å². The van der Waals surface area contributed by atoms with Crippen LogP contribution in [0.15, 0.2) is 29.4 Å². The molecule has 2 aromatic rings. The molecule has 2 heterocycles. The summed E-state index contributed by atoms with van der Waals surface area (Å²) in [7, 11) is 0. The Morgan fingerprint density at radius 2 is 1.68 bits per heavy atom. The molecule has 0 saturated heterocycles. The minimum Gasteiger partial charge on any atom is -0.382 e. The Hall–Kier alpha value is -2.46. The van der Waals surface area contributed by atoms with Crippen molar-refractivity contribution in [3.05, 3.63) is 57.3 Å². The second-order valence-electron chi connectivity index (χ2n) is 5.60. The summed E-state index contributed by atoms with van der Waals surface area (Å²) in [6.07, 6.45) is -5.78. The zero-order valence-electron chi connectivity index (χ0n) is 13.5. The van der Waals surface area contributed by atoms with Crippen molar-refractivity contribution >= 4 is 40.5 Å². The Kier molecular flexibility index (Phi) is 5.44. The van der Waals surface area contributed by atoms with Gasteiger partial charge in [-0.05, 0) is 17.7 Å². The van der Waals surface area contributed by atoms with Gasteiger partial charge in [0.1, 0.15) is 10.0 Å². The fraction of sp³-hybridized carbons (Fsp3) is 0.188. The standard InChI is InChI=1S/C16H8Cl2F5N3O2/c17-10-12(11(18)14(20)25-13(10)19)24-15(27)9-5-8(26-28-9)6-1-3-7(4-2-6)16(21,22)23/h1-4,9H,5H2,(H,24,25,27). The third-order valence-electron chi connectivity index (χ3n) is 3.75. The molecular formula is C16H8Cl2F5N3O2. The Morgan fingerprint density at radius 3 is 2.21 bits per heavy atom. The predicted octanol–water partition coefficient (Wildman–Crippen LogP) is 4.82.